The zero-order valence-electron chi connectivity index (χ0n) is 17.0. The SMILES string of the molecule is COc1cccc(CNC(=O)c2ccccc2NS(=O)(=O)c2ccc3[nH]c(=O)[nH]c3c2)c1. The first-order valence-corrected chi connectivity index (χ1v) is 11.1. The number of rotatable bonds is 7. The standard InChI is InChI=1S/C22H20N4O5S/c1-31-15-6-4-5-14(11-15)13-23-21(27)17-7-2-3-8-18(17)26-32(29,30)16-9-10-19-20(12-16)25-22(28)24-19/h2-12,26H,13H2,1H3,(H,23,27)(H2,24,25,28). The van der Waals surface area contributed by atoms with Crippen molar-refractivity contribution < 1.29 is 17.9 Å². The first-order valence-electron chi connectivity index (χ1n) is 9.61. The van der Waals surface area contributed by atoms with E-state index in [1.54, 1.807) is 31.4 Å². The summed E-state index contributed by atoms with van der Waals surface area (Å²) in [6.07, 6.45) is 0. The molecule has 32 heavy (non-hydrogen) atoms. The third kappa shape index (κ3) is 4.49. The number of imidazole rings is 1. The van der Waals surface area contributed by atoms with Crippen molar-refractivity contribution in [3.05, 3.63) is 88.3 Å². The van der Waals surface area contributed by atoms with Crippen LogP contribution in [0, 0.1) is 0 Å². The molecule has 4 N–H and O–H groups in total. The molecule has 0 atom stereocenters. The minimum absolute atomic E-state index is 0.0492. The largest absolute Gasteiger partial charge is 0.497 e. The number of nitrogens with one attached hydrogen (secondary N) is 4. The van der Waals surface area contributed by atoms with Gasteiger partial charge < -0.3 is 20.0 Å². The highest BCUT2D eigenvalue weighted by atomic mass is 32.2. The zero-order valence-corrected chi connectivity index (χ0v) is 17.8. The van der Waals surface area contributed by atoms with Crippen molar-refractivity contribution in [3.8, 4) is 5.75 Å². The van der Waals surface area contributed by atoms with Crippen molar-refractivity contribution in [1.82, 2.24) is 15.3 Å². The van der Waals surface area contributed by atoms with Gasteiger partial charge in [0.25, 0.3) is 15.9 Å². The quantitative estimate of drug-likeness (QED) is 0.342. The highest BCUT2D eigenvalue weighted by molar-refractivity contribution is 7.92. The van der Waals surface area contributed by atoms with Gasteiger partial charge in [0.1, 0.15) is 5.75 Å². The maximum absolute atomic E-state index is 12.9. The highest BCUT2D eigenvalue weighted by Crippen LogP contribution is 2.22. The molecule has 164 valence electrons. The number of hydrogen-bond donors (Lipinski definition) is 4. The Hall–Kier alpha value is -4.05. The van der Waals surface area contributed by atoms with Crippen LogP contribution in [0.4, 0.5) is 5.69 Å². The minimum atomic E-state index is -4.01. The lowest BCUT2D eigenvalue weighted by molar-refractivity contribution is 0.0951. The number of aromatic nitrogens is 2. The van der Waals surface area contributed by atoms with Crippen LogP contribution in [0.3, 0.4) is 0 Å². The zero-order chi connectivity index (χ0) is 22.7. The molecular weight excluding hydrogens is 432 g/mol. The molecule has 1 heterocycles. The van der Waals surface area contributed by atoms with E-state index in [-0.39, 0.29) is 22.7 Å². The number of carbonyl (C=O) groups excluding carboxylic acids is 1. The summed E-state index contributed by atoms with van der Waals surface area (Å²) < 4.78 is 33.5. The number of fused-ring (bicyclic) bond motifs is 1. The molecule has 0 saturated carbocycles. The first-order chi connectivity index (χ1) is 15.4. The number of amides is 1. The van der Waals surface area contributed by atoms with E-state index in [9.17, 15) is 18.0 Å². The van der Waals surface area contributed by atoms with Crippen LogP contribution in [0.2, 0.25) is 0 Å². The Kier molecular flexibility index (Phi) is 5.69. The summed E-state index contributed by atoms with van der Waals surface area (Å²) in [4.78, 5) is 29.2. The molecule has 0 aliphatic rings. The molecule has 0 saturated heterocycles. The van der Waals surface area contributed by atoms with Crippen LogP contribution in [0.1, 0.15) is 15.9 Å². The Morgan fingerprint density at radius 2 is 1.75 bits per heavy atom. The van der Waals surface area contributed by atoms with E-state index in [1.165, 1.54) is 30.3 Å². The number of ether oxygens (including phenoxy) is 1. The first kappa shape index (κ1) is 21.2. The minimum Gasteiger partial charge on any atom is -0.497 e. The van der Waals surface area contributed by atoms with Crippen molar-refractivity contribution >= 4 is 32.7 Å². The maximum Gasteiger partial charge on any atom is 0.323 e. The van der Waals surface area contributed by atoms with Crippen LogP contribution in [0.25, 0.3) is 11.0 Å². The molecule has 0 unspecified atom stereocenters. The van der Waals surface area contributed by atoms with E-state index >= 15 is 0 Å². The van der Waals surface area contributed by atoms with Crippen molar-refractivity contribution in [2.24, 2.45) is 0 Å². The Balaban J connectivity index is 1.55. The molecule has 3 aromatic carbocycles. The molecule has 9 nitrogen and oxygen atoms in total. The molecule has 1 aromatic heterocycles. The number of carbonyl (C=O) groups is 1. The van der Waals surface area contributed by atoms with Crippen molar-refractivity contribution in [2.45, 2.75) is 11.4 Å². The van der Waals surface area contributed by atoms with Crippen LogP contribution in [-0.2, 0) is 16.6 Å². The topological polar surface area (TPSA) is 133 Å². The summed E-state index contributed by atoms with van der Waals surface area (Å²) >= 11 is 0. The van der Waals surface area contributed by atoms with Gasteiger partial charge in [-0.05, 0) is 48.0 Å². The summed E-state index contributed by atoms with van der Waals surface area (Å²) in [6, 6.07) is 17.8. The number of sulfonamides is 1. The molecule has 0 radical (unpaired) electrons. The van der Waals surface area contributed by atoms with Crippen LogP contribution in [0.5, 0.6) is 5.75 Å². The monoisotopic (exact) mass is 452 g/mol. The number of para-hydroxylation sites is 1. The molecule has 0 bridgehead atoms. The number of H-pyrrole nitrogens is 2. The number of aromatic amines is 2. The fourth-order valence-electron chi connectivity index (χ4n) is 3.21. The molecule has 0 aliphatic carbocycles. The van der Waals surface area contributed by atoms with E-state index in [0.717, 1.165) is 5.56 Å². The van der Waals surface area contributed by atoms with E-state index in [0.29, 0.717) is 16.8 Å². The van der Waals surface area contributed by atoms with Gasteiger partial charge in [-0.3, -0.25) is 9.52 Å². The molecule has 0 aliphatic heterocycles. The lowest BCUT2D eigenvalue weighted by Gasteiger charge is -2.13. The maximum atomic E-state index is 12.9. The Morgan fingerprint density at radius 1 is 0.969 bits per heavy atom. The number of benzene rings is 3. The second kappa shape index (κ2) is 8.60. The summed E-state index contributed by atoms with van der Waals surface area (Å²) in [5, 5.41) is 2.79. The predicted octanol–water partition coefficient (Wildman–Crippen LogP) is 2.60. The van der Waals surface area contributed by atoms with Gasteiger partial charge >= 0.3 is 5.69 Å². The van der Waals surface area contributed by atoms with Gasteiger partial charge in [0.05, 0.1) is 34.3 Å². The smallest absolute Gasteiger partial charge is 0.323 e. The second-order valence-electron chi connectivity index (χ2n) is 6.97. The Bertz CT molecular complexity index is 1460. The molecular formula is C22H20N4O5S. The lowest BCUT2D eigenvalue weighted by Crippen LogP contribution is -2.25. The molecule has 1 amide bonds. The van der Waals surface area contributed by atoms with Gasteiger partial charge in [-0.1, -0.05) is 24.3 Å². The van der Waals surface area contributed by atoms with Gasteiger partial charge in [0.2, 0.25) is 0 Å². The van der Waals surface area contributed by atoms with Gasteiger partial charge in [0.15, 0.2) is 0 Å². The lowest BCUT2D eigenvalue weighted by atomic mass is 10.1. The van der Waals surface area contributed by atoms with Crippen molar-refractivity contribution in [2.75, 3.05) is 11.8 Å². The van der Waals surface area contributed by atoms with Gasteiger partial charge in [-0.25, -0.2) is 13.2 Å². The summed E-state index contributed by atoms with van der Waals surface area (Å²) in [5.41, 5.74) is 1.58. The van der Waals surface area contributed by atoms with E-state index < -0.39 is 21.6 Å². The molecule has 10 heteroatoms. The second-order valence-corrected chi connectivity index (χ2v) is 8.65. The highest BCUT2D eigenvalue weighted by Gasteiger charge is 2.19. The Labute approximate surface area is 183 Å². The molecule has 0 fully saturated rings. The molecule has 4 rings (SSSR count). The third-order valence-corrected chi connectivity index (χ3v) is 6.16. The fraction of sp³-hybridized carbons (Fsp3) is 0.0909. The van der Waals surface area contributed by atoms with E-state index in [1.807, 2.05) is 12.1 Å². The summed E-state index contributed by atoms with van der Waals surface area (Å²) in [6.45, 7) is 0.245. The van der Waals surface area contributed by atoms with Gasteiger partial charge in [-0.2, -0.15) is 0 Å². The van der Waals surface area contributed by atoms with Crippen LogP contribution < -0.4 is 20.5 Å². The van der Waals surface area contributed by atoms with Crippen LogP contribution in [-0.4, -0.2) is 31.4 Å². The van der Waals surface area contributed by atoms with Crippen LogP contribution >= 0.6 is 0 Å². The number of methoxy groups -OCH3 is 1. The van der Waals surface area contributed by atoms with Gasteiger partial charge in [-0.15, -0.1) is 0 Å². The summed E-state index contributed by atoms with van der Waals surface area (Å²) in [5.74, 6) is 0.238. The Morgan fingerprint density at radius 3 is 2.56 bits per heavy atom. The van der Waals surface area contributed by atoms with E-state index in [2.05, 4.69) is 20.0 Å². The molecule has 4 aromatic rings. The average Bonchev–Trinajstić information content (AvgIpc) is 3.17. The van der Waals surface area contributed by atoms with Crippen LogP contribution in [0.15, 0.2) is 76.4 Å². The third-order valence-electron chi connectivity index (χ3n) is 4.80. The summed E-state index contributed by atoms with van der Waals surface area (Å²) in [7, 11) is -2.45. The van der Waals surface area contributed by atoms with Gasteiger partial charge in [0, 0.05) is 6.54 Å². The predicted molar refractivity (Wildman–Crippen MR) is 120 cm³/mol. The van der Waals surface area contributed by atoms with E-state index in [4.69, 9.17) is 4.74 Å². The van der Waals surface area contributed by atoms with Crippen molar-refractivity contribution in [1.29, 1.82) is 0 Å². The number of anilines is 1. The fourth-order valence-corrected chi connectivity index (χ4v) is 4.32. The normalized spacial score (nSPS) is 11.3. The number of hydrogen-bond acceptors (Lipinski definition) is 5. The van der Waals surface area contributed by atoms with Crippen molar-refractivity contribution in [3.63, 3.8) is 0 Å². The average molecular weight is 452 g/mol. The molecule has 0 spiro atoms.